The molecule has 0 rings (SSSR count). The molecule has 4 heteroatoms. The second-order valence-corrected chi connectivity index (χ2v) is 4.36. The SMILES string of the molecule is COCCN(CC(C)CCl)C(C)COC. The number of nitrogens with zero attached hydrogens (tertiary/aromatic N) is 1. The van der Waals surface area contributed by atoms with Crippen LogP contribution in [0.3, 0.4) is 0 Å². The second-order valence-electron chi connectivity index (χ2n) is 4.05. The molecule has 0 aromatic carbocycles. The van der Waals surface area contributed by atoms with Crippen LogP contribution in [-0.2, 0) is 9.47 Å². The average molecular weight is 238 g/mol. The number of alkyl halides is 1. The van der Waals surface area contributed by atoms with E-state index in [1.165, 1.54) is 0 Å². The molecule has 0 bridgehead atoms. The van der Waals surface area contributed by atoms with E-state index in [1.54, 1.807) is 14.2 Å². The number of hydrogen-bond acceptors (Lipinski definition) is 3. The van der Waals surface area contributed by atoms with Crippen molar-refractivity contribution in [3.8, 4) is 0 Å². The van der Waals surface area contributed by atoms with Gasteiger partial charge in [0.25, 0.3) is 0 Å². The van der Waals surface area contributed by atoms with E-state index in [1.807, 2.05) is 0 Å². The first-order chi connectivity index (χ1) is 7.15. The average Bonchev–Trinajstić information content (AvgIpc) is 2.24. The Labute approximate surface area is 98.7 Å². The van der Waals surface area contributed by atoms with E-state index in [9.17, 15) is 0 Å². The molecule has 0 N–H and O–H groups in total. The summed E-state index contributed by atoms with van der Waals surface area (Å²) < 4.78 is 10.3. The van der Waals surface area contributed by atoms with Gasteiger partial charge in [-0.1, -0.05) is 6.92 Å². The molecule has 0 radical (unpaired) electrons. The molecule has 92 valence electrons. The Morgan fingerprint density at radius 3 is 2.33 bits per heavy atom. The highest BCUT2D eigenvalue weighted by molar-refractivity contribution is 6.18. The second kappa shape index (κ2) is 9.40. The molecule has 0 heterocycles. The van der Waals surface area contributed by atoms with Crippen molar-refractivity contribution >= 4 is 11.6 Å². The zero-order valence-electron chi connectivity index (χ0n) is 10.3. The van der Waals surface area contributed by atoms with Gasteiger partial charge in [-0.3, -0.25) is 4.90 Å². The maximum atomic E-state index is 5.82. The first kappa shape index (κ1) is 15.2. The van der Waals surface area contributed by atoms with Gasteiger partial charge in [-0.25, -0.2) is 0 Å². The van der Waals surface area contributed by atoms with Crippen molar-refractivity contribution in [1.29, 1.82) is 0 Å². The summed E-state index contributed by atoms with van der Waals surface area (Å²) in [6.45, 7) is 7.76. The third kappa shape index (κ3) is 7.12. The monoisotopic (exact) mass is 237 g/mol. The first-order valence-corrected chi connectivity index (χ1v) is 5.97. The standard InChI is InChI=1S/C11H24ClNO2/c1-10(7-12)8-13(5-6-14-3)11(2)9-15-4/h10-11H,5-9H2,1-4H3. The van der Waals surface area contributed by atoms with Gasteiger partial charge in [-0.2, -0.15) is 0 Å². The van der Waals surface area contributed by atoms with Gasteiger partial charge in [0.2, 0.25) is 0 Å². The minimum absolute atomic E-state index is 0.413. The lowest BCUT2D eigenvalue weighted by molar-refractivity contribution is 0.0683. The van der Waals surface area contributed by atoms with Crippen LogP contribution in [0.5, 0.6) is 0 Å². The summed E-state index contributed by atoms with van der Waals surface area (Å²) in [5, 5.41) is 0. The molecule has 0 amide bonds. The Hall–Kier alpha value is 0.170. The highest BCUT2D eigenvalue weighted by Crippen LogP contribution is 2.06. The lowest BCUT2D eigenvalue weighted by Crippen LogP contribution is -2.41. The van der Waals surface area contributed by atoms with E-state index in [2.05, 4.69) is 18.7 Å². The molecular formula is C11H24ClNO2. The molecule has 0 aliphatic heterocycles. The van der Waals surface area contributed by atoms with E-state index in [0.29, 0.717) is 17.8 Å². The van der Waals surface area contributed by atoms with Crippen LogP contribution >= 0.6 is 11.6 Å². The van der Waals surface area contributed by atoms with Gasteiger partial charge < -0.3 is 9.47 Å². The Morgan fingerprint density at radius 2 is 1.87 bits per heavy atom. The van der Waals surface area contributed by atoms with Gasteiger partial charge in [0.1, 0.15) is 0 Å². The highest BCUT2D eigenvalue weighted by atomic mass is 35.5. The summed E-state index contributed by atoms with van der Waals surface area (Å²) >= 11 is 5.82. The summed E-state index contributed by atoms with van der Waals surface area (Å²) in [5.41, 5.74) is 0. The van der Waals surface area contributed by atoms with Crippen molar-refractivity contribution in [3.63, 3.8) is 0 Å². The number of halogens is 1. The lowest BCUT2D eigenvalue weighted by Gasteiger charge is -2.30. The Bertz CT molecular complexity index is 147. The third-order valence-electron chi connectivity index (χ3n) is 2.42. The fourth-order valence-corrected chi connectivity index (χ4v) is 1.59. The predicted octanol–water partition coefficient (Wildman–Crippen LogP) is 1.84. The first-order valence-electron chi connectivity index (χ1n) is 5.43. The number of rotatable bonds is 9. The van der Waals surface area contributed by atoms with Crippen molar-refractivity contribution in [2.75, 3.05) is 46.4 Å². The molecule has 0 saturated heterocycles. The van der Waals surface area contributed by atoms with Crippen molar-refractivity contribution < 1.29 is 9.47 Å². The van der Waals surface area contributed by atoms with Gasteiger partial charge in [-0.15, -0.1) is 11.6 Å². The molecular weight excluding hydrogens is 214 g/mol. The van der Waals surface area contributed by atoms with E-state index < -0.39 is 0 Å². The quantitative estimate of drug-likeness (QED) is 0.572. The summed E-state index contributed by atoms with van der Waals surface area (Å²) in [5.74, 6) is 1.20. The highest BCUT2D eigenvalue weighted by Gasteiger charge is 2.15. The minimum atomic E-state index is 0.413. The maximum absolute atomic E-state index is 5.82. The van der Waals surface area contributed by atoms with Crippen LogP contribution in [0.2, 0.25) is 0 Å². The fourth-order valence-electron chi connectivity index (χ4n) is 1.50. The van der Waals surface area contributed by atoms with E-state index in [0.717, 1.165) is 26.3 Å². The largest absolute Gasteiger partial charge is 0.383 e. The van der Waals surface area contributed by atoms with Gasteiger partial charge in [0, 0.05) is 39.2 Å². The lowest BCUT2D eigenvalue weighted by atomic mass is 10.1. The summed E-state index contributed by atoms with van der Waals surface area (Å²) in [4.78, 5) is 2.36. The maximum Gasteiger partial charge on any atom is 0.0615 e. The van der Waals surface area contributed by atoms with Crippen molar-refractivity contribution in [3.05, 3.63) is 0 Å². The van der Waals surface area contributed by atoms with E-state index in [4.69, 9.17) is 21.1 Å². The molecule has 0 aliphatic rings. The Kier molecular flexibility index (Phi) is 9.51. The number of hydrogen-bond donors (Lipinski definition) is 0. The molecule has 0 saturated carbocycles. The van der Waals surface area contributed by atoms with E-state index >= 15 is 0 Å². The van der Waals surface area contributed by atoms with Crippen LogP contribution in [0, 0.1) is 5.92 Å². The van der Waals surface area contributed by atoms with Gasteiger partial charge >= 0.3 is 0 Å². The Morgan fingerprint density at radius 1 is 1.20 bits per heavy atom. The summed E-state index contributed by atoms with van der Waals surface area (Å²) in [7, 11) is 3.46. The smallest absolute Gasteiger partial charge is 0.0615 e. The molecule has 3 nitrogen and oxygen atoms in total. The van der Waals surface area contributed by atoms with Crippen molar-refractivity contribution in [1.82, 2.24) is 4.90 Å². The summed E-state index contributed by atoms with van der Waals surface area (Å²) in [6.07, 6.45) is 0. The molecule has 2 unspecified atom stereocenters. The molecule has 0 aromatic heterocycles. The van der Waals surface area contributed by atoms with Crippen LogP contribution in [-0.4, -0.2) is 57.3 Å². The molecule has 15 heavy (non-hydrogen) atoms. The predicted molar refractivity (Wildman–Crippen MR) is 64.7 cm³/mol. The number of ether oxygens (including phenoxy) is 2. The van der Waals surface area contributed by atoms with Crippen LogP contribution < -0.4 is 0 Å². The van der Waals surface area contributed by atoms with E-state index in [-0.39, 0.29) is 0 Å². The van der Waals surface area contributed by atoms with Crippen molar-refractivity contribution in [2.24, 2.45) is 5.92 Å². The van der Waals surface area contributed by atoms with Crippen LogP contribution in [0.1, 0.15) is 13.8 Å². The van der Waals surface area contributed by atoms with Crippen molar-refractivity contribution in [2.45, 2.75) is 19.9 Å². The zero-order valence-corrected chi connectivity index (χ0v) is 11.1. The van der Waals surface area contributed by atoms with Gasteiger partial charge in [0.15, 0.2) is 0 Å². The van der Waals surface area contributed by atoms with Crippen LogP contribution in [0.15, 0.2) is 0 Å². The molecule has 0 aliphatic carbocycles. The molecule has 2 atom stereocenters. The Balaban J connectivity index is 4.03. The number of methoxy groups -OCH3 is 2. The molecule has 0 spiro atoms. The topological polar surface area (TPSA) is 21.7 Å². The normalized spacial score (nSPS) is 15.6. The van der Waals surface area contributed by atoms with Crippen LogP contribution in [0.25, 0.3) is 0 Å². The molecule has 0 aromatic rings. The van der Waals surface area contributed by atoms with Gasteiger partial charge in [-0.05, 0) is 12.8 Å². The van der Waals surface area contributed by atoms with Crippen LogP contribution in [0.4, 0.5) is 0 Å². The zero-order chi connectivity index (χ0) is 11.7. The summed E-state index contributed by atoms with van der Waals surface area (Å²) in [6, 6.07) is 0.413. The fraction of sp³-hybridized carbons (Fsp3) is 1.00. The molecule has 0 fully saturated rings. The third-order valence-corrected chi connectivity index (χ3v) is 2.95. The minimum Gasteiger partial charge on any atom is -0.383 e. The van der Waals surface area contributed by atoms with Gasteiger partial charge in [0.05, 0.1) is 13.2 Å².